The maximum Gasteiger partial charge on any atom is 0.389 e. The number of aromatic nitrogens is 2. The van der Waals surface area contributed by atoms with Crippen molar-refractivity contribution in [2.45, 2.75) is 46.2 Å². The summed E-state index contributed by atoms with van der Waals surface area (Å²) >= 11 is 1.56. The fourth-order valence-corrected chi connectivity index (χ4v) is 3.46. The zero-order chi connectivity index (χ0) is 15.6. The molecule has 0 fully saturated rings. The number of aryl methyl sites for hydroxylation is 2. The van der Waals surface area contributed by atoms with Crippen molar-refractivity contribution < 1.29 is 13.2 Å². The van der Waals surface area contributed by atoms with Gasteiger partial charge in [-0.25, -0.2) is 9.97 Å². The van der Waals surface area contributed by atoms with Gasteiger partial charge in [-0.1, -0.05) is 6.08 Å². The molecule has 0 saturated heterocycles. The van der Waals surface area contributed by atoms with Crippen LogP contribution in [0, 0.1) is 6.92 Å². The Labute approximate surface area is 125 Å². The minimum atomic E-state index is -4.10. The van der Waals surface area contributed by atoms with E-state index in [1.807, 2.05) is 26.8 Å². The van der Waals surface area contributed by atoms with E-state index in [2.05, 4.69) is 9.97 Å². The average molecular weight is 314 g/mol. The van der Waals surface area contributed by atoms with E-state index in [1.54, 1.807) is 11.3 Å². The van der Waals surface area contributed by atoms with Gasteiger partial charge in [-0.15, -0.1) is 11.3 Å². The van der Waals surface area contributed by atoms with Crippen molar-refractivity contribution >= 4 is 27.1 Å². The minimum absolute atomic E-state index is 0.0953. The van der Waals surface area contributed by atoms with E-state index >= 15 is 0 Å². The molecule has 0 bridgehead atoms. The number of rotatable bonds is 4. The van der Waals surface area contributed by atoms with Crippen LogP contribution in [-0.2, 0) is 6.42 Å². The van der Waals surface area contributed by atoms with Gasteiger partial charge in [0.15, 0.2) is 0 Å². The molecule has 0 unspecified atom stereocenters. The molecule has 2 aromatic rings. The van der Waals surface area contributed by atoms with Gasteiger partial charge in [-0.05, 0) is 44.7 Å². The fourth-order valence-electron chi connectivity index (χ4n) is 2.24. The summed E-state index contributed by atoms with van der Waals surface area (Å²) in [6.45, 7) is 5.85. The van der Waals surface area contributed by atoms with Crippen molar-refractivity contribution in [1.82, 2.24) is 9.97 Å². The third-order valence-corrected chi connectivity index (χ3v) is 4.61. The standard InChI is InChI=1S/C15H17F3N2S/c1-4-9(2)12-14-13(20-8-19-12)11(10(3)21-14)6-5-7-15(16,17)18/h4,8H,5-7H2,1-3H3/b9-4+. The van der Waals surface area contributed by atoms with Gasteiger partial charge in [0.2, 0.25) is 0 Å². The van der Waals surface area contributed by atoms with E-state index in [1.165, 1.54) is 6.33 Å². The van der Waals surface area contributed by atoms with E-state index in [0.29, 0.717) is 6.42 Å². The first-order valence-electron chi connectivity index (χ1n) is 6.76. The maximum absolute atomic E-state index is 12.3. The first-order chi connectivity index (χ1) is 9.83. The number of thiophene rings is 1. The second-order valence-electron chi connectivity index (χ2n) is 4.98. The third kappa shape index (κ3) is 3.61. The normalized spacial score (nSPS) is 13.1. The largest absolute Gasteiger partial charge is 0.389 e. The van der Waals surface area contributed by atoms with Crippen LogP contribution in [0.1, 0.15) is 42.8 Å². The highest BCUT2D eigenvalue weighted by molar-refractivity contribution is 7.19. The molecule has 6 heteroatoms. The van der Waals surface area contributed by atoms with Gasteiger partial charge >= 0.3 is 6.18 Å². The van der Waals surface area contributed by atoms with E-state index < -0.39 is 12.6 Å². The van der Waals surface area contributed by atoms with Crippen molar-refractivity contribution in [2.75, 3.05) is 0 Å². The van der Waals surface area contributed by atoms with Crippen LogP contribution in [0.25, 0.3) is 15.8 Å². The summed E-state index contributed by atoms with van der Waals surface area (Å²) < 4.78 is 37.8. The third-order valence-electron chi connectivity index (χ3n) is 3.46. The molecule has 114 valence electrons. The Morgan fingerprint density at radius 3 is 2.67 bits per heavy atom. The zero-order valence-electron chi connectivity index (χ0n) is 12.2. The van der Waals surface area contributed by atoms with Crippen LogP contribution < -0.4 is 0 Å². The summed E-state index contributed by atoms with van der Waals surface area (Å²) in [5.41, 5.74) is 3.64. The molecule has 0 aliphatic carbocycles. The van der Waals surface area contributed by atoms with Gasteiger partial charge < -0.3 is 0 Å². The Kier molecular flexibility index (Phi) is 4.66. The van der Waals surface area contributed by atoms with E-state index in [9.17, 15) is 13.2 Å². The Hall–Kier alpha value is -1.43. The number of nitrogens with zero attached hydrogens (tertiary/aromatic N) is 2. The number of allylic oxidation sites excluding steroid dienone is 2. The van der Waals surface area contributed by atoms with Crippen LogP contribution in [0.5, 0.6) is 0 Å². The monoisotopic (exact) mass is 314 g/mol. The molecule has 0 N–H and O–H groups in total. The van der Waals surface area contributed by atoms with Crippen LogP contribution >= 0.6 is 11.3 Å². The molecule has 2 nitrogen and oxygen atoms in total. The Morgan fingerprint density at radius 2 is 2.05 bits per heavy atom. The molecule has 0 atom stereocenters. The second-order valence-corrected chi connectivity index (χ2v) is 6.20. The number of hydrogen-bond acceptors (Lipinski definition) is 3. The molecule has 0 aliphatic heterocycles. The molecule has 0 spiro atoms. The minimum Gasteiger partial charge on any atom is -0.235 e. The van der Waals surface area contributed by atoms with Crippen LogP contribution in [0.4, 0.5) is 13.2 Å². The van der Waals surface area contributed by atoms with Gasteiger partial charge in [0.1, 0.15) is 6.33 Å². The number of halogens is 3. The number of alkyl halides is 3. The number of hydrogen-bond donors (Lipinski definition) is 0. The second kappa shape index (κ2) is 6.13. The topological polar surface area (TPSA) is 25.8 Å². The molecule has 0 radical (unpaired) electrons. The van der Waals surface area contributed by atoms with Crippen LogP contribution in [0.2, 0.25) is 0 Å². The SMILES string of the molecule is C/C=C(\C)c1ncnc2c(CCCC(F)(F)F)c(C)sc12. The van der Waals surface area contributed by atoms with Gasteiger partial charge in [0.05, 0.1) is 15.9 Å². The first-order valence-corrected chi connectivity index (χ1v) is 7.58. The smallest absolute Gasteiger partial charge is 0.235 e. The predicted octanol–water partition coefficient (Wildman–Crippen LogP) is 5.31. The molecule has 2 rings (SSSR count). The molecule has 0 aromatic carbocycles. The van der Waals surface area contributed by atoms with Crippen molar-refractivity contribution in [1.29, 1.82) is 0 Å². The highest BCUT2D eigenvalue weighted by Crippen LogP contribution is 2.35. The summed E-state index contributed by atoms with van der Waals surface area (Å²) in [6.07, 6.45) is -0.893. The molecule has 21 heavy (non-hydrogen) atoms. The Morgan fingerprint density at radius 1 is 1.33 bits per heavy atom. The maximum atomic E-state index is 12.3. The van der Waals surface area contributed by atoms with Crippen molar-refractivity contribution in [3.8, 4) is 0 Å². The van der Waals surface area contributed by atoms with Gasteiger partial charge in [-0.2, -0.15) is 13.2 Å². The lowest BCUT2D eigenvalue weighted by Crippen LogP contribution is -2.07. The van der Waals surface area contributed by atoms with E-state index in [0.717, 1.165) is 31.9 Å². The highest BCUT2D eigenvalue weighted by atomic mass is 32.1. The van der Waals surface area contributed by atoms with E-state index in [4.69, 9.17) is 0 Å². The zero-order valence-corrected chi connectivity index (χ0v) is 13.0. The van der Waals surface area contributed by atoms with Crippen molar-refractivity contribution in [3.63, 3.8) is 0 Å². The highest BCUT2D eigenvalue weighted by Gasteiger charge is 2.26. The van der Waals surface area contributed by atoms with Gasteiger partial charge in [-0.3, -0.25) is 0 Å². The lowest BCUT2D eigenvalue weighted by atomic mass is 10.1. The lowest BCUT2D eigenvalue weighted by Gasteiger charge is -2.06. The molecular weight excluding hydrogens is 297 g/mol. The summed E-state index contributed by atoms with van der Waals surface area (Å²) in [4.78, 5) is 9.61. The Bertz CT molecular complexity index is 671. The Balaban J connectivity index is 2.35. The van der Waals surface area contributed by atoms with Gasteiger partial charge in [0, 0.05) is 11.3 Å². The molecule has 0 aliphatic rings. The summed E-state index contributed by atoms with van der Waals surface area (Å²) in [5.74, 6) is 0. The van der Waals surface area contributed by atoms with Crippen LogP contribution in [0.3, 0.4) is 0 Å². The molecule has 0 saturated carbocycles. The van der Waals surface area contributed by atoms with E-state index in [-0.39, 0.29) is 6.42 Å². The quantitative estimate of drug-likeness (QED) is 0.764. The predicted molar refractivity (Wildman–Crippen MR) is 80.5 cm³/mol. The first kappa shape index (κ1) is 15.9. The van der Waals surface area contributed by atoms with Gasteiger partial charge in [0.25, 0.3) is 0 Å². The van der Waals surface area contributed by atoms with Crippen LogP contribution in [-0.4, -0.2) is 16.1 Å². The molecule has 0 amide bonds. The molecular formula is C15H17F3N2S. The van der Waals surface area contributed by atoms with Crippen molar-refractivity contribution in [2.24, 2.45) is 0 Å². The summed E-state index contributed by atoms with van der Waals surface area (Å²) in [7, 11) is 0. The molecule has 2 heterocycles. The summed E-state index contributed by atoms with van der Waals surface area (Å²) in [6, 6.07) is 0. The van der Waals surface area contributed by atoms with Crippen molar-refractivity contribution in [3.05, 3.63) is 28.5 Å². The summed E-state index contributed by atoms with van der Waals surface area (Å²) in [5, 5.41) is 0. The average Bonchev–Trinajstić information content (AvgIpc) is 2.73. The van der Waals surface area contributed by atoms with Crippen LogP contribution in [0.15, 0.2) is 12.4 Å². The number of fused-ring (bicyclic) bond motifs is 1. The molecule has 2 aromatic heterocycles. The lowest BCUT2D eigenvalue weighted by molar-refractivity contribution is -0.135. The fraction of sp³-hybridized carbons (Fsp3) is 0.467.